The van der Waals surface area contributed by atoms with Gasteiger partial charge in [-0.25, -0.2) is 4.98 Å². The summed E-state index contributed by atoms with van der Waals surface area (Å²) in [5.41, 5.74) is 1.26. The summed E-state index contributed by atoms with van der Waals surface area (Å²) in [7, 11) is 0. The molecule has 1 aromatic heterocycles. The fourth-order valence-corrected chi connectivity index (χ4v) is 4.97. The Kier molecular flexibility index (Phi) is 6.63. The summed E-state index contributed by atoms with van der Waals surface area (Å²) in [5, 5.41) is 1.87. The van der Waals surface area contributed by atoms with Crippen LogP contribution in [0.1, 0.15) is 44.6 Å². The Morgan fingerprint density at radius 1 is 1.04 bits per heavy atom. The average molecular weight is 440 g/mol. The van der Waals surface area contributed by atoms with Crippen molar-refractivity contribution in [2.45, 2.75) is 27.2 Å². The Bertz CT molecular complexity index is 869. The number of piperazine rings is 1. The molecule has 0 radical (unpaired) electrons. The summed E-state index contributed by atoms with van der Waals surface area (Å²) in [6.45, 7) is 8.11. The molecule has 0 aliphatic carbocycles. The number of rotatable bonds is 4. The van der Waals surface area contributed by atoms with Crippen molar-refractivity contribution in [1.82, 2.24) is 14.8 Å². The highest BCUT2D eigenvalue weighted by Gasteiger charge is 2.28. The number of amides is 2. The molecular formula is C20H23Cl2N3O2S. The lowest BCUT2D eigenvalue weighted by atomic mass is 10.1. The van der Waals surface area contributed by atoms with Crippen LogP contribution in [-0.2, 0) is 6.42 Å². The van der Waals surface area contributed by atoms with Crippen molar-refractivity contribution in [3.8, 4) is 0 Å². The van der Waals surface area contributed by atoms with Crippen LogP contribution in [0.15, 0.2) is 18.2 Å². The zero-order valence-corrected chi connectivity index (χ0v) is 18.5. The van der Waals surface area contributed by atoms with Crippen molar-refractivity contribution in [2.24, 2.45) is 5.92 Å². The number of hydrogen-bond acceptors (Lipinski definition) is 4. The van der Waals surface area contributed by atoms with E-state index >= 15 is 0 Å². The van der Waals surface area contributed by atoms with Crippen LogP contribution in [0.25, 0.3) is 0 Å². The molecule has 0 bridgehead atoms. The van der Waals surface area contributed by atoms with Crippen molar-refractivity contribution in [2.75, 3.05) is 26.2 Å². The third-order valence-electron chi connectivity index (χ3n) is 4.58. The van der Waals surface area contributed by atoms with E-state index in [1.807, 2.05) is 6.92 Å². The van der Waals surface area contributed by atoms with Crippen molar-refractivity contribution in [3.05, 3.63) is 49.4 Å². The molecule has 0 atom stereocenters. The fourth-order valence-electron chi connectivity index (χ4n) is 3.20. The van der Waals surface area contributed by atoms with Gasteiger partial charge < -0.3 is 9.80 Å². The van der Waals surface area contributed by atoms with Gasteiger partial charge in [-0.1, -0.05) is 37.0 Å². The second kappa shape index (κ2) is 8.80. The first-order valence-corrected chi connectivity index (χ1v) is 10.8. The minimum Gasteiger partial charge on any atom is -0.335 e. The van der Waals surface area contributed by atoms with Crippen LogP contribution in [-0.4, -0.2) is 52.8 Å². The lowest BCUT2D eigenvalue weighted by Gasteiger charge is -2.34. The lowest BCUT2D eigenvalue weighted by Crippen LogP contribution is -2.50. The molecule has 1 aliphatic heterocycles. The van der Waals surface area contributed by atoms with E-state index in [0.717, 1.165) is 17.1 Å². The van der Waals surface area contributed by atoms with Crippen molar-refractivity contribution >= 4 is 46.4 Å². The monoisotopic (exact) mass is 439 g/mol. The number of carbonyl (C=O) groups is 2. The number of thiazole rings is 1. The molecule has 1 aromatic carbocycles. The molecule has 2 heterocycles. The van der Waals surface area contributed by atoms with Gasteiger partial charge in [0.2, 0.25) is 0 Å². The summed E-state index contributed by atoms with van der Waals surface area (Å²) in [5.74, 6) is 0.385. The lowest BCUT2D eigenvalue weighted by molar-refractivity contribution is 0.0537. The first-order valence-electron chi connectivity index (χ1n) is 9.25. The van der Waals surface area contributed by atoms with Gasteiger partial charge in [0.15, 0.2) is 0 Å². The molecule has 3 rings (SSSR count). The number of benzene rings is 1. The summed E-state index contributed by atoms with van der Waals surface area (Å²) < 4.78 is 0. The van der Waals surface area contributed by atoms with Gasteiger partial charge in [-0.15, -0.1) is 11.3 Å². The van der Waals surface area contributed by atoms with E-state index in [2.05, 4.69) is 18.8 Å². The van der Waals surface area contributed by atoms with Crippen LogP contribution < -0.4 is 0 Å². The fraction of sp³-hybridized carbons (Fsp3) is 0.450. The highest BCUT2D eigenvalue weighted by molar-refractivity contribution is 7.13. The molecule has 2 aromatic rings. The molecule has 2 amide bonds. The predicted octanol–water partition coefficient (Wildman–Crippen LogP) is 4.56. The smallest absolute Gasteiger partial charge is 0.265 e. The van der Waals surface area contributed by atoms with Gasteiger partial charge >= 0.3 is 0 Å². The largest absolute Gasteiger partial charge is 0.335 e. The Morgan fingerprint density at radius 3 is 2.11 bits per heavy atom. The number of hydrogen-bond donors (Lipinski definition) is 0. The molecule has 1 fully saturated rings. The third-order valence-corrected chi connectivity index (χ3v) is 6.19. The van der Waals surface area contributed by atoms with Gasteiger partial charge in [0.25, 0.3) is 11.8 Å². The normalized spacial score (nSPS) is 14.6. The number of aryl methyl sites for hydroxylation is 1. The number of halogens is 2. The van der Waals surface area contributed by atoms with E-state index < -0.39 is 0 Å². The summed E-state index contributed by atoms with van der Waals surface area (Å²) >= 11 is 13.5. The van der Waals surface area contributed by atoms with Crippen LogP contribution in [0.3, 0.4) is 0 Å². The number of carbonyl (C=O) groups excluding carboxylic acids is 2. The predicted molar refractivity (Wildman–Crippen MR) is 114 cm³/mol. The molecule has 150 valence electrons. The van der Waals surface area contributed by atoms with E-state index in [1.54, 1.807) is 28.0 Å². The maximum absolute atomic E-state index is 12.9. The Balaban J connectivity index is 1.64. The van der Waals surface area contributed by atoms with E-state index in [-0.39, 0.29) is 11.8 Å². The van der Waals surface area contributed by atoms with Crippen molar-refractivity contribution in [3.63, 3.8) is 0 Å². The topological polar surface area (TPSA) is 53.5 Å². The SMILES string of the molecule is Cc1nc(CC(C)C)sc1C(=O)N1CCN(C(=O)c2cc(Cl)cc(Cl)c2)CC1. The van der Waals surface area contributed by atoms with Crippen LogP contribution in [0, 0.1) is 12.8 Å². The first kappa shape index (κ1) is 21.1. The summed E-state index contributed by atoms with van der Waals surface area (Å²) in [6.07, 6.45) is 0.878. The Morgan fingerprint density at radius 2 is 1.57 bits per heavy atom. The van der Waals surface area contributed by atoms with Crippen LogP contribution in [0.5, 0.6) is 0 Å². The van der Waals surface area contributed by atoms with Gasteiger partial charge in [-0.2, -0.15) is 0 Å². The standard InChI is InChI=1S/C20H23Cl2N3O2S/c1-12(2)8-17-23-13(3)18(28-17)20(27)25-6-4-24(5-7-25)19(26)14-9-15(21)11-16(22)10-14/h9-12H,4-8H2,1-3H3. The second-order valence-electron chi connectivity index (χ2n) is 7.36. The highest BCUT2D eigenvalue weighted by atomic mass is 35.5. The van der Waals surface area contributed by atoms with Crippen LogP contribution >= 0.6 is 34.5 Å². The third kappa shape index (κ3) is 4.85. The maximum atomic E-state index is 12.9. The summed E-state index contributed by atoms with van der Waals surface area (Å²) in [6, 6.07) is 4.83. The number of nitrogens with zero attached hydrogens (tertiary/aromatic N) is 3. The molecule has 0 saturated carbocycles. The minimum absolute atomic E-state index is 0.00269. The van der Waals surface area contributed by atoms with Crippen LogP contribution in [0.2, 0.25) is 10.0 Å². The Labute approximate surface area is 179 Å². The molecule has 0 unspecified atom stereocenters. The van der Waals surface area contributed by atoms with Gasteiger partial charge in [-0.3, -0.25) is 9.59 Å². The van der Waals surface area contributed by atoms with E-state index in [1.165, 1.54) is 11.3 Å². The van der Waals surface area contributed by atoms with Crippen molar-refractivity contribution < 1.29 is 9.59 Å². The molecule has 8 heteroatoms. The van der Waals surface area contributed by atoms with Gasteiger partial charge in [0.1, 0.15) is 4.88 Å². The van der Waals surface area contributed by atoms with E-state index in [9.17, 15) is 9.59 Å². The molecule has 1 aliphatic rings. The zero-order chi connectivity index (χ0) is 20.4. The van der Waals surface area contributed by atoms with Crippen molar-refractivity contribution in [1.29, 1.82) is 0 Å². The molecular weight excluding hydrogens is 417 g/mol. The summed E-state index contributed by atoms with van der Waals surface area (Å²) in [4.78, 5) is 34.4. The highest BCUT2D eigenvalue weighted by Crippen LogP contribution is 2.24. The zero-order valence-electron chi connectivity index (χ0n) is 16.2. The molecule has 0 N–H and O–H groups in total. The number of aromatic nitrogens is 1. The molecule has 1 saturated heterocycles. The maximum Gasteiger partial charge on any atom is 0.265 e. The van der Waals surface area contributed by atoms with Gasteiger partial charge in [0.05, 0.1) is 10.7 Å². The quantitative estimate of drug-likeness (QED) is 0.701. The van der Waals surface area contributed by atoms with Gasteiger partial charge in [0, 0.05) is 48.2 Å². The molecule has 5 nitrogen and oxygen atoms in total. The molecule has 0 spiro atoms. The minimum atomic E-state index is -0.121. The first-order chi connectivity index (χ1) is 13.2. The van der Waals surface area contributed by atoms with E-state index in [0.29, 0.717) is 52.6 Å². The average Bonchev–Trinajstić information content (AvgIpc) is 2.99. The second-order valence-corrected chi connectivity index (χ2v) is 9.32. The van der Waals surface area contributed by atoms with Crippen LogP contribution in [0.4, 0.5) is 0 Å². The van der Waals surface area contributed by atoms with E-state index in [4.69, 9.17) is 23.2 Å². The Hall–Kier alpha value is -1.63. The van der Waals surface area contributed by atoms with Gasteiger partial charge in [-0.05, 0) is 31.0 Å². The molecule has 28 heavy (non-hydrogen) atoms.